The lowest BCUT2D eigenvalue weighted by Gasteiger charge is -2.19. The highest BCUT2D eigenvalue weighted by Crippen LogP contribution is 2.30. The molecule has 1 atom stereocenters. The van der Waals surface area contributed by atoms with Gasteiger partial charge in [0.1, 0.15) is 12.4 Å². The van der Waals surface area contributed by atoms with Crippen LogP contribution in [-0.4, -0.2) is 49.0 Å². The first-order valence-corrected chi connectivity index (χ1v) is 8.57. The van der Waals surface area contributed by atoms with Gasteiger partial charge in [0.2, 0.25) is 11.8 Å². The molecule has 2 heterocycles. The lowest BCUT2D eigenvalue weighted by molar-refractivity contribution is -0.141. The standard InChI is InChI=1S/C18H19F3N4O3/c1-27-11-16(26)22-12-7-8-25(10-12)13-3-2-4-14(9-13)28-17-6-5-15(23-24-17)18(19,20)21/h2-6,9,12H,7-8,10-11H2,1H3,(H,22,26)/t12-/m0/s1. The molecule has 10 heteroatoms. The Kier molecular flexibility index (Phi) is 5.98. The number of amides is 1. The van der Waals surface area contributed by atoms with E-state index < -0.39 is 11.9 Å². The molecule has 1 aliphatic rings. The van der Waals surface area contributed by atoms with Gasteiger partial charge in [0, 0.05) is 44.1 Å². The zero-order chi connectivity index (χ0) is 20.1. The summed E-state index contributed by atoms with van der Waals surface area (Å²) in [6, 6.07) is 9.08. The Morgan fingerprint density at radius 1 is 1.29 bits per heavy atom. The number of aromatic nitrogens is 2. The zero-order valence-corrected chi connectivity index (χ0v) is 15.1. The molecule has 150 valence electrons. The van der Waals surface area contributed by atoms with E-state index in [0.29, 0.717) is 12.3 Å². The summed E-state index contributed by atoms with van der Waals surface area (Å²) in [5.41, 5.74) is -0.201. The van der Waals surface area contributed by atoms with Gasteiger partial charge in [0.15, 0.2) is 5.69 Å². The second-order valence-electron chi connectivity index (χ2n) is 6.29. The Hall–Kier alpha value is -2.88. The lowest BCUT2D eigenvalue weighted by atomic mass is 10.2. The molecule has 1 saturated heterocycles. The maximum atomic E-state index is 12.5. The van der Waals surface area contributed by atoms with Gasteiger partial charge in [-0.15, -0.1) is 10.2 Å². The summed E-state index contributed by atoms with van der Waals surface area (Å²) in [4.78, 5) is 13.7. The van der Waals surface area contributed by atoms with E-state index in [2.05, 4.69) is 20.4 Å². The van der Waals surface area contributed by atoms with Crippen LogP contribution in [0.15, 0.2) is 36.4 Å². The highest BCUT2D eigenvalue weighted by Gasteiger charge is 2.33. The van der Waals surface area contributed by atoms with E-state index in [9.17, 15) is 18.0 Å². The van der Waals surface area contributed by atoms with E-state index in [1.807, 2.05) is 6.07 Å². The summed E-state index contributed by atoms with van der Waals surface area (Å²) in [6.07, 6.45) is -3.75. The molecule has 0 spiro atoms. The predicted octanol–water partition coefficient (Wildman–Crippen LogP) is 2.63. The third-order valence-electron chi connectivity index (χ3n) is 4.16. The van der Waals surface area contributed by atoms with Crippen LogP contribution in [0.1, 0.15) is 12.1 Å². The van der Waals surface area contributed by atoms with Crippen molar-refractivity contribution in [2.75, 3.05) is 31.7 Å². The number of benzene rings is 1. The van der Waals surface area contributed by atoms with Crippen LogP contribution in [0.25, 0.3) is 0 Å². The average molecular weight is 396 g/mol. The molecule has 0 aliphatic carbocycles. The molecule has 0 radical (unpaired) electrons. The topological polar surface area (TPSA) is 76.6 Å². The maximum absolute atomic E-state index is 12.5. The van der Waals surface area contributed by atoms with Crippen molar-refractivity contribution in [1.29, 1.82) is 0 Å². The smallest absolute Gasteiger partial charge is 0.435 e. The van der Waals surface area contributed by atoms with Crippen molar-refractivity contribution >= 4 is 11.6 Å². The number of hydrogen-bond donors (Lipinski definition) is 1. The molecule has 1 aromatic carbocycles. The second-order valence-corrected chi connectivity index (χ2v) is 6.29. The highest BCUT2D eigenvalue weighted by molar-refractivity contribution is 5.77. The molecule has 1 aromatic heterocycles. The van der Waals surface area contributed by atoms with Gasteiger partial charge in [0.05, 0.1) is 0 Å². The number of carbonyl (C=O) groups excluding carboxylic acids is 1. The van der Waals surface area contributed by atoms with E-state index in [0.717, 1.165) is 30.8 Å². The van der Waals surface area contributed by atoms with Crippen molar-refractivity contribution in [3.05, 3.63) is 42.1 Å². The van der Waals surface area contributed by atoms with Gasteiger partial charge in [-0.25, -0.2) is 0 Å². The van der Waals surface area contributed by atoms with Crippen molar-refractivity contribution in [1.82, 2.24) is 15.5 Å². The van der Waals surface area contributed by atoms with Crippen LogP contribution in [0.2, 0.25) is 0 Å². The molecule has 7 nitrogen and oxygen atoms in total. The van der Waals surface area contributed by atoms with E-state index in [4.69, 9.17) is 9.47 Å². The van der Waals surface area contributed by atoms with Gasteiger partial charge in [-0.1, -0.05) is 6.07 Å². The number of alkyl halides is 3. The van der Waals surface area contributed by atoms with Crippen molar-refractivity contribution in [3.8, 4) is 11.6 Å². The monoisotopic (exact) mass is 396 g/mol. The number of halogens is 3. The van der Waals surface area contributed by atoms with Gasteiger partial charge in [-0.2, -0.15) is 13.2 Å². The lowest BCUT2D eigenvalue weighted by Crippen LogP contribution is -2.38. The first-order chi connectivity index (χ1) is 13.3. The quantitative estimate of drug-likeness (QED) is 0.809. The average Bonchev–Trinajstić information content (AvgIpc) is 3.10. The largest absolute Gasteiger partial charge is 0.437 e. The Morgan fingerprint density at radius 2 is 2.11 bits per heavy atom. The molecule has 3 rings (SSSR count). The van der Waals surface area contributed by atoms with E-state index >= 15 is 0 Å². The Bertz CT molecular complexity index is 814. The fourth-order valence-corrected chi connectivity index (χ4v) is 2.90. The van der Waals surface area contributed by atoms with Crippen LogP contribution in [0.3, 0.4) is 0 Å². The van der Waals surface area contributed by atoms with Gasteiger partial charge < -0.3 is 19.7 Å². The molecular formula is C18H19F3N4O3. The first kappa shape index (κ1) is 19.9. The van der Waals surface area contributed by atoms with Crippen LogP contribution in [0.5, 0.6) is 11.6 Å². The van der Waals surface area contributed by atoms with Crippen molar-refractivity contribution in [2.24, 2.45) is 0 Å². The van der Waals surface area contributed by atoms with Gasteiger partial charge >= 0.3 is 6.18 Å². The van der Waals surface area contributed by atoms with Crippen LogP contribution in [-0.2, 0) is 15.7 Å². The molecule has 0 saturated carbocycles. The van der Waals surface area contributed by atoms with Crippen molar-refractivity contribution < 1.29 is 27.4 Å². The van der Waals surface area contributed by atoms with Gasteiger partial charge in [-0.3, -0.25) is 4.79 Å². The van der Waals surface area contributed by atoms with E-state index in [1.54, 1.807) is 18.2 Å². The number of methoxy groups -OCH3 is 1. The number of rotatable bonds is 6. The SMILES string of the molecule is COCC(=O)N[C@H]1CCN(c2cccc(Oc3ccc(C(F)(F)F)nn3)c2)C1. The normalized spacial score (nSPS) is 16.9. The third kappa shape index (κ3) is 5.10. The first-order valence-electron chi connectivity index (χ1n) is 8.57. The van der Waals surface area contributed by atoms with E-state index in [1.165, 1.54) is 7.11 Å². The number of nitrogens with one attached hydrogen (secondary N) is 1. The minimum Gasteiger partial charge on any atom is -0.437 e. The summed E-state index contributed by atoms with van der Waals surface area (Å²) < 4.78 is 48.0. The van der Waals surface area contributed by atoms with Crippen LogP contribution < -0.4 is 15.0 Å². The number of hydrogen-bond acceptors (Lipinski definition) is 6. The van der Waals surface area contributed by atoms with Crippen molar-refractivity contribution in [2.45, 2.75) is 18.6 Å². The molecule has 1 fully saturated rings. The summed E-state index contributed by atoms with van der Waals surface area (Å²) in [5, 5.41) is 9.51. The molecule has 0 unspecified atom stereocenters. The van der Waals surface area contributed by atoms with Gasteiger partial charge in [0.25, 0.3) is 0 Å². The summed E-state index contributed by atoms with van der Waals surface area (Å²) >= 11 is 0. The Labute approximate surface area is 159 Å². The number of ether oxygens (including phenoxy) is 2. The molecule has 28 heavy (non-hydrogen) atoms. The van der Waals surface area contributed by atoms with Crippen LogP contribution >= 0.6 is 0 Å². The summed E-state index contributed by atoms with van der Waals surface area (Å²) in [6.45, 7) is 1.41. The maximum Gasteiger partial charge on any atom is 0.435 e. The van der Waals surface area contributed by atoms with Crippen molar-refractivity contribution in [3.63, 3.8) is 0 Å². The second kappa shape index (κ2) is 8.42. The summed E-state index contributed by atoms with van der Waals surface area (Å²) in [7, 11) is 1.47. The molecule has 1 aliphatic heterocycles. The fourth-order valence-electron chi connectivity index (χ4n) is 2.90. The molecule has 1 N–H and O–H groups in total. The summed E-state index contributed by atoms with van der Waals surface area (Å²) in [5.74, 6) is 0.238. The number of carbonyl (C=O) groups is 1. The molecule has 0 bridgehead atoms. The van der Waals surface area contributed by atoms with E-state index in [-0.39, 0.29) is 24.4 Å². The molecule has 1 amide bonds. The fraction of sp³-hybridized carbons (Fsp3) is 0.389. The number of anilines is 1. The van der Waals surface area contributed by atoms with Crippen LogP contribution in [0.4, 0.5) is 18.9 Å². The third-order valence-corrected chi connectivity index (χ3v) is 4.16. The molecule has 2 aromatic rings. The number of nitrogens with zero attached hydrogens (tertiary/aromatic N) is 3. The Balaban J connectivity index is 1.62. The predicted molar refractivity (Wildman–Crippen MR) is 94.2 cm³/mol. The zero-order valence-electron chi connectivity index (χ0n) is 15.1. The van der Waals surface area contributed by atoms with Gasteiger partial charge in [-0.05, 0) is 24.6 Å². The minimum absolute atomic E-state index is 0.0213. The van der Waals surface area contributed by atoms with Crippen LogP contribution in [0, 0.1) is 0 Å². The minimum atomic E-state index is -4.55. The Morgan fingerprint density at radius 3 is 2.79 bits per heavy atom. The molecular weight excluding hydrogens is 377 g/mol. The highest BCUT2D eigenvalue weighted by atomic mass is 19.4.